The van der Waals surface area contributed by atoms with Crippen LogP contribution in [0.25, 0.3) is 0 Å². The average molecular weight is 580 g/mol. The Morgan fingerprint density at radius 3 is 1.59 bits per heavy atom. The van der Waals surface area contributed by atoms with Crippen LogP contribution in [0.1, 0.15) is 181 Å². The minimum absolute atomic E-state index is 0.00378. The molecule has 1 fully saturated rings. The average Bonchev–Trinajstić information content (AvgIpc) is 2.97. The van der Waals surface area contributed by atoms with E-state index in [1.54, 1.807) is 0 Å². The third-order valence-corrected chi connectivity index (χ3v) is 9.00. The van der Waals surface area contributed by atoms with E-state index < -0.39 is 0 Å². The highest BCUT2D eigenvalue weighted by Crippen LogP contribution is 2.22. The molecule has 1 unspecified atom stereocenters. The number of likely N-dealkylation sites (tertiary alicyclic amines) is 1. The topological polar surface area (TPSA) is 55.8 Å². The predicted octanol–water partition coefficient (Wildman–Crippen LogP) is 10.2. The number of nitrogens with zero attached hydrogens (tertiary/aromatic N) is 1. The molecule has 1 aliphatic heterocycles. The van der Waals surface area contributed by atoms with Crippen molar-refractivity contribution < 1.29 is 19.1 Å². The Balaban J connectivity index is 2.17. The highest BCUT2D eigenvalue weighted by Gasteiger charge is 2.26. The van der Waals surface area contributed by atoms with Crippen molar-refractivity contribution in [3.05, 3.63) is 0 Å². The molecule has 0 aromatic rings. The van der Waals surface area contributed by atoms with Crippen molar-refractivity contribution >= 4 is 11.9 Å². The van der Waals surface area contributed by atoms with Crippen LogP contribution in [0.2, 0.25) is 0 Å². The predicted molar refractivity (Wildman–Crippen MR) is 173 cm³/mol. The summed E-state index contributed by atoms with van der Waals surface area (Å²) in [5.74, 6) is 0.163. The first-order valence-corrected chi connectivity index (χ1v) is 18.1. The van der Waals surface area contributed by atoms with Crippen LogP contribution in [0.4, 0.5) is 0 Å². The number of rotatable bonds is 27. The van der Waals surface area contributed by atoms with E-state index in [2.05, 4.69) is 32.7 Å². The lowest BCUT2D eigenvalue weighted by molar-refractivity contribution is -0.156. The zero-order valence-corrected chi connectivity index (χ0v) is 27.9. The fourth-order valence-electron chi connectivity index (χ4n) is 6.01. The molecule has 0 aromatic carbocycles. The summed E-state index contributed by atoms with van der Waals surface area (Å²) >= 11 is 0. The summed E-state index contributed by atoms with van der Waals surface area (Å²) in [6, 6.07) is 0. The fraction of sp³-hybridized carbons (Fsp3) is 0.944. The Hall–Kier alpha value is -1.10. The van der Waals surface area contributed by atoms with Gasteiger partial charge in [-0.1, -0.05) is 111 Å². The van der Waals surface area contributed by atoms with Gasteiger partial charge in [0.1, 0.15) is 12.2 Å². The molecule has 1 aliphatic rings. The molecule has 1 heterocycles. The van der Waals surface area contributed by atoms with Crippen molar-refractivity contribution in [2.24, 2.45) is 5.92 Å². The van der Waals surface area contributed by atoms with Crippen LogP contribution in [0, 0.1) is 5.92 Å². The smallest absolute Gasteiger partial charge is 0.309 e. The molecule has 0 N–H and O–H groups in total. The van der Waals surface area contributed by atoms with Crippen LogP contribution in [0.5, 0.6) is 0 Å². The van der Waals surface area contributed by atoms with E-state index in [1.807, 2.05) is 0 Å². The molecule has 1 rings (SSSR count). The zero-order valence-electron chi connectivity index (χ0n) is 27.9. The molecule has 5 nitrogen and oxygen atoms in total. The SMILES string of the molecule is CCCCCCCCCC(CCCCCCCCCCC(=O)O[C@@H](CC)CCCCC)OC(=O)C1CCN(C)CC1. The summed E-state index contributed by atoms with van der Waals surface area (Å²) in [6.45, 7) is 8.60. The minimum atomic E-state index is -0.00378. The summed E-state index contributed by atoms with van der Waals surface area (Å²) in [5.41, 5.74) is 0. The van der Waals surface area contributed by atoms with Gasteiger partial charge in [0, 0.05) is 6.42 Å². The normalized spacial score (nSPS) is 16.0. The molecule has 0 bridgehead atoms. The molecular formula is C36H69NO4. The standard InChI is InChI=1S/C36H69NO4/c1-5-8-10-11-14-17-21-25-34(41-36(39)32-28-30-37(4)31-29-32)26-22-18-15-12-13-16-19-23-27-35(38)40-33(7-3)24-20-9-6-2/h32-34H,5-31H2,1-4H3/t33-,34?/m0/s1. The van der Waals surface area contributed by atoms with Crippen molar-refractivity contribution in [3.63, 3.8) is 0 Å². The maximum atomic E-state index is 12.9. The molecule has 0 aliphatic carbocycles. The summed E-state index contributed by atoms with van der Waals surface area (Å²) in [7, 11) is 2.14. The first kappa shape index (κ1) is 37.9. The van der Waals surface area contributed by atoms with Gasteiger partial charge in [0.2, 0.25) is 0 Å². The Morgan fingerprint density at radius 1 is 0.610 bits per heavy atom. The lowest BCUT2D eigenvalue weighted by Gasteiger charge is -2.29. The van der Waals surface area contributed by atoms with E-state index in [0.29, 0.717) is 6.42 Å². The quantitative estimate of drug-likeness (QED) is 0.0716. The monoisotopic (exact) mass is 580 g/mol. The number of esters is 2. The largest absolute Gasteiger partial charge is 0.462 e. The van der Waals surface area contributed by atoms with Crippen molar-refractivity contribution in [1.82, 2.24) is 4.90 Å². The van der Waals surface area contributed by atoms with Gasteiger partial charge >= 0.3 is 11.9 Å². The van der Waals surface area contributed by atoms with Crippen LogP contribution in [-0.2, 0) is 19.1 Å². The summed E-state index contributed by atoms with van der Waals surface area (Å²) in [4.78, 5) is 27.3. The van der Waals surface area contributed by atoms with Gasteiger partial charge in [-0.3, -0.25) is 9.59 Å². The second-order valence-corrected chi connectivity index (χ2v) is 12.9. The summed E-state index contributed by atoms with van der Waals surface area (Å²) in [5, 5.41) is 0. The van der Waals surface area contributed by atoms with Gasteiger partial charge < -0.3 is 14.4 Å². The number of hydrogen-bond acceptors (Lipinski definition) is 5. The van der Waals surface area contributed by atoms with Gasteiger partial charge in [-0.2, -0.15) is 0 Å². The number of carbonyl (C=O) groups is 2. The van der Waals surface area contributed by atoms with Crippen LogP contribution >= 0.6 is 0 Å². The molecule has 41 heavy (non-hydrogen) atoms. The molecule has 0 radical (unpaired) electrons. The van der Waals surface area contributed by atoms with Gasteiger partial charge in [-0.25, -0.2) is 0 Å². The summed E-state index contributed by atoms with van der Waals surface area (Å²) < 4.78 is 11.8. The highest BCUT2D eigenvalue weighted by atomic mass is 16.5. The third kappa shape index (κ3) is 21.3. The van der Waals surface area contributed by atoms with Gasteiger partial charge in [-0.05, 0) is 84.3 Å². The van der Waals surface area contributed by atoms with E-state index in [1.165, 1.54) is 89.9 Å². The Labute approximate surface area is 255 Å². The maximum Gasteiger partial charge on any atom is 0.309 e. The number of ether oxygens (including phenoxy) is 2. The molecule has 0 spiro atoms. The molecular weight excluding hydrogens is 510 g/mol. The molecule has 242 valence electrons. The maximum absolute atomic E-state index is 12.9. The third-order valence-electron chi connectivity index (χ3n) is 9.00. The first-order valence-electron chi connectivity index (χ1n) is 18.1. The van der Waals surface area contributed by atoms with Gasteiger partial charge in [0.15, 0.2) is 0 Å². The molecule has 5 heteroatoms. The second-order valence-electron chi connectivity index (χ2n) is 12.9. The minimum Gasteiger partial charge on any atom is -0.462 e. The van der Waals surface area contributed by atoms with Crippen molar-refractivity contribution in [2.75, 3.05) is 20.1 Å². The molecule has 0 amide bonds. The van der Waals surface area contributed by atoms with Crippen LogP contribution in [-0.4, -0.2) is 49.2 Å². The highest BCUT2D eigenvalue weighted by molar-refractivity contribution is 5.72. The lowest BCUT2D eigenvalue weighted by Crippen LogP contribution is -2.35. The number of carbonyl (C=O) groups excluding carboxylic acids is 2. The number of piperidine rings is 1. The van der Waals surface area contributed by atoms with Crippen LogP contribution < -0.4 is 0 Å². The second kappa shape index (κ2) is 26.5. The van der Waals surface area contributed by atoms with Gasteiger partial charge in [0.25, 0.3) is 0 Å². The van der Waals surface area contributed by atoms with E-state index in [0.717, 1.165) is 77.3 Å². The van der Waals surface area contributed by atoms with Crippen molar-refractivity contribution in [2.45, 2.75) is 193 Å². The lowest BCUT2D eigenvalue weighted by atomic mass is 9.97. The first-order chi connectivity index (χ1) is 20.0. The van der Waals surface area contributed by atoms with Crippen LogP contribution in [0.3, 0.4) is 0 Å². The van der Waals surface area contributed by atoms with E-state index in [4.69, 9.17) is 9.47 Å². The van der Waals surface area contributed by atoms with E-state index in [-0.39, 0.29) is 30.1 Å². The molecule has 2 atom stereocenters. The Morgan fingerprint density at radius 2 is 1.05 bits per heavy atom. The molecule has 0 aromatic heterocycles. The Kier molecular flexibility index (Phi) is 24.5. The Bertz CT molecular complexity index is 617. The number of hydrogen-bond donors (Lipinski definition) is 0. The van der Waals surface area contributed by atoms with E-state index >= 15 is 0 Å². The van der Waals surface area contributed by atoms with Crippen molar-refractivity contribution in [1.29, 1.82) is 0 Å². The molecule has 1 saturated heterocycles. The summed E-state index contributed by atoms with van der Waals surface area (Å²) in [6.07, 6.45) is 28.8. The van der Waals surface area contributed by atoms with Crippen LogP contribution in [0.15, 0.2) is 0 Å². The van der Waals surface area contributed by atoms with Crippen molar-refractivity contribution in [3.8, 4) is 0 Å². The zero-order chi connectivity index (χ0) is 30.0. The molecule has 0 saturated carbocycles. The number of unbranched alkanes of at least 4 members (excludes halogenated alkanes) is 15. The fourth-order valence-corrected chi connectivity index (χ4v) is 6.01. The van der Waals surface area contributed by atoms with Gasteiger partial charge in [-0.15, -0.1) is 0 Å². The van der Waals surface area contributed by atoms with E-state index in [9.17, 15) is 9.59 Å². The van der Waals surface area contributed by atoms with Gasteiger partial charge in [0.05, 0.1) is 5.92 Å².